The highest BCUT2D eigenvalue weighted by atomic mass is 79.9. The van der Waals surface area contributed by atoms with Crippen molar-refractivity contribution in [2.75, 3.05) is 13.2 Å². The lowest BCUT2D eigenvalue weighted by atomic mass is 10.0. The molecule has 2 aromatic carbocycles. The van der Waals surface area contributed by atoms with Crippen LogP contribution in [0.2, 0.25) is 0 Å². The van der Waals surface area contributed by atoms with Crippen molar-refractivity contribution in [3.63, 3.8) is 0 Å². The van der Waals surface area contributed by atoms with E-state index in [1.807, 2.05) is 77.1 Å². The van der Waals surface area contributed by atoms with Gasteiger partial charge in [0.1, 0.15) is 24.7 Å². The third kappa shape index (κ3) is 5.61. The number of pyridine rings is 1. The molecule has 0 saturated heterocycles. The Balaban J connectivity index is 1.66. The third-order valence-corrected chi connectivity index (χ3v) is 6.51. The SMILES string of the molecule is Cc1cc(C)c(CN2CCOc3c(Br)cc(OC(C)C)c(C)c3C2=O)c(OCc2ccccc2)n1. The van der Waals surface area contributed by atoms with Crippen molar-refractivity contribution in [1.82, 2.24) is 9.88 Å². The second kappa shape index (κ2) is 10.7. The van der Waals surface area contributed by atoms with Crippen LogP contribution in [0.4, 0.5) is 0 Å². The maximum Gasteiger partial charge on any atom is 0.258 e. The first-order chi connectivity index (χ1) is 16.7. The average Bonchev–Trinajstić information content (AvgIpc) is 2.97. The van der Waals surface area contributed by atoms with Crippen LogP contribution in [0.25, 0.3) is 0 Å². The number of benzene rings is 2. The first-order valence-corrected chi connectivity index (χ1v) is 12.6. The summed E-state index contributed by atoms with van der Waals surface area (Å²) >= 11 is 3.57. The van der Waals surface area contributed by atoms with Crippen LogP contribution < -0.4 is 14.2 Å². The molecule has 0 saturated carbocycles. The largest absolute Gasteiger partial charge is 0.491 e. The van der Waals surface area contributed by atoms with Gasteiger partial charge < -0.3 is 19.1 Å². The van der Waals surface area contributed by atoms with E-state index in [0.717, 1.165) is 27.9 Å². The minimum atomic E-state index is -0.0982. The highest BCUT2D eigenvalue weighted by Gasteiger charge is 2.30. The second-order valence-electron chi connectivity index (χ2n) is 9.07. The molecule has 3 aromatic rings. The zero-order chi connectivity index (χ0) is 25.1. The zero-order valence-electron chi connectivity index (χ0n) is 20.9. The van der Waals surface area contributed by atoms with Crippen LogP contribution >= 0.6 is 15.9 Å². The summed E-state index contributed by atoms with van der Waals surface area (Å²) in [6.07, 6.45) is -0.0119. The minimum Gasteiger partial charge on any atom is -0.491 e. The van der Waals surface area contributed by atoms with Gasteiger partial charge in [0.05, 0.1) is 29.2 Å². The van der Waals surface area contributed by atoms with E-state index in [2.05, 4.69) is 20.9 Å². The van der Waals surface area contributed by atoms with Crippen LogP contribution in [0, 0.1) is 20.8 Å². The molecule has 6 nitrogen and oxygen atoms in total. The number of rotatable bonds is 7. The molecule has 184 valence electrons. The lowest BCUT2D eigenvalue weighted by Crippen LogP contribution is -2.33. The molecule has 0 spiro atoms. The van der Waals surface area contributed by atoms with Crippen LogP contribution in [0.15, 0.2) is 46.9 Å². The Bertz CT molecular complexity index is 1230. The number of halogens is 1. The van der Waals surface area contributed by atoms with Gasteiger partial charge >= 0.3 is 0 Å². The zero-order valence-corrected chi connectivity index (χ0v) is 22.4. The van der Waals surface area contributed by atoms with Gasteiger partial charge in [0.25, 0.3) is 5.91 Å². The Morgan fingerprint density at radius 2 is 1.89 bits per heavy atom. The second-order valence-corrected chi connectivity index (χ2v) is 9.92. The van der Waals surface area contributed by atoms with Gasteiger partial charge in [-0.1, -0.05) is 30.3 Å². The Morgan fingerprint density at radius 3 is 2.60 bits per heavy atom. The van der Waals surface area contributed by atoms with E-state index < -0.39 is 0 Å². The van der Waals surface area contributed by atoms with Gasteiger partial charge in [-0.15, -0.1) is 0 Å². The van der Waals surface area contributed by atoms with Crippen molar-refractivity contribution in [2.24, 2.45) is 0 Å². The molecule has 2 heterocycles. The average molecular weight is 539 g/mol. The minimum absolute atomic E-state index is 0.0119. The highest BCUT2D eigenvalue weighted by molar-refractivity contribution is 9.10. The third-order valence-electron chi connectivity index (χ3n) is 5.92. The van der Waals surface area contributed by atoms with Gasteiger partial charge in [-0.3, -0.25) is 4.79 Å². The van der Waals surface area contributed by atoms with Gasteiger partial charge in [0.15, 0.2) is 0 Å². The molecule has 35 heavy (non-hydrogen) atoms. The molecule has 0 atom stereocenters. The van der Waals surface area contributed by atoms with E-state index in [1.165, 1.54) is 0 Å². The van der Waals surface area contributed by atoms with Crippen LogP contribution in [-0.4, -0.2) is 35.0 Å². The monoisotopic (exact) mass is 538 g/mol. The van der Waals surface area contributed by atoms with Crippen LogP contribution in [0.3, 0.4) is 0 Å². The van der Waals surface area contributed by atoms with E-state index >= 15 is 0 Å². The Hall–Kier alpha value is -3.06. The number of ether oxygens (including phenoxy) is 3. The number of carbonyl (C=O) groups excluding carboxylic acids is 1. The summed E-state index contributed by atoms with van der Waals surface area (Å²) in [5.74, 6) is 1.69. The molecule has 1 amide bonds. The van der Waals surface area contributed by atoms with Crippen LogP contribution in [-0.2, 0) is 13.2 Å². The van der Waals surface area contributed by atoms with Crippen molar-refractivity contribution < 1.29 is 19.0 Å². The summed E-state index contributed by atoms with van der Waals surface area (Å²) in [6, 6.07) is 13.9. The molecule has 0 unspecified atom stereocenters. The van der Waals surface area contributed by atoms with E-state index in [-0.39, 0.29) is 12.0 Å². The van der Waals surface area contributed by atoms with E-state index in [1.54, 1.807) is 4.90 Å². The first-order valence-electron chi connectivity index (χ1n) is 11.8. The van der Waals surface area contributed by atoms with Gasteiger partial charge in [-0.2, -0.15) is 0 Å². The molecule has 0 fully saturated rings. The van der Waals surface area contributed by atoms with Crippen molar-refractivity contribution in [1.29, 1.82) is 0 Å². The maximum absolute atomic E-state index is 13.8. The van der Waals surface area contributed by atoms with Gasteiger partial charge in [0.2, 0.25) is 5.88 Å². The molecule has 0 aliphatic carbocycles. The van der Waals surface area contributed by atoms with E-state index in [4.69, 9.17) is 14.2 Å². The number of hydrogen-bond acceptors (Lipinski definition) is 5. The number of hydrogen-bond donors (Lipinski definition) is 0. The number of fused-ring (bicyclic) bond motifs is 1. The summed E-state index contributed by atoms with van der Waals surface area (Å²) < 4.78 is 18.9. The normalized spacial score (nSPS) is 13.3. The van der Waals surface area contributed by atoms with Crippen molar-refractivity contribution in [3.8, 4) is 17.4 Å². The number of carbonyl (C=O) groups is 1. The van der Waals surface area contributed by atoms with E-state index in [9.17, 15) is 4.79 Å². The highest BCUT2D eigenvalue weighted by Crippen LogP contribution is 2.40. The fourth-order valence-corrected chi connectivity index (χ4v) is 4.72. The van der Waals surface area contributed by atoms with Gasteiger partial charge in [-0.05, 0) is 73.8 Å². The fraction of sp³-hybridized carbons (Fsp3) is 0.357. The van der Waals surface area contributed by atoms with Gasteiger partial charge in [0, 0.05) is 16.8 Å². The molecule has 0 N–H and O–H groups in total. The standard InChI is InChI=1S/C28H31BrN2O4/c1-17(2)35-24-14-23(29)26-25(20(24)5)28(32)31(11-12-33-26)15-22-18(3)13-19(4)30-27(22)34-16-21-9-7-6-8-10-21/h6-10,13-14,17H,11-12,15-16H2,1-5H3. The molecule has 4 rings (SSSR count). The molecule has 0 radical (unpaired) electrons. The fourth-order valence-electron chi connectivity index (χ4n) is 4.20. The Labute approximate surface area is 215 Å². The lowest BCUT2D eigenvalue weighted by Gasteiger charge is -2.24. The van der Waals surface area contributed by atoms with Crippen molar-refractivity contribution in [2.45, 2.75) is 53.9 Å². The topological polar surface area (TPSA) is 60.9 Å². The van der Waals surface area contributed by atoms with Gasteiger partial charge in [-0.25, -0.2) is 4.98 Å². The lowest BCUT2D eigenvalue weighted by molar-refractivity contribution is 0.0739. The molecule has 7 heteroatoms. The Kier molecular flexibility index (Phi) is 7.65. The quantitative estimate of drug-likeness (QED) is 0.360. The summed E-state index contributed by atoms with van der Waals surface area (Å²) in [5, 5.41) is 0. The Morgan fingerprint density at radius 1 is 1.14 bits per heavy atom. The molecule has 1 aliphatic rings. The van der Waals surface area contributed by atoms with Crippen molar-refractivity contribution in [3.05, 3.63) is 80.4 Å². The molecule has 1 aromatic heterocycles. The van der Waals surface area contributed by atoms with Crippen LogP contribution in [0.1, 0.15) is 52.2 Å². The molecule has 0 bridgehead atoms. The first kappa shape index (κ1) is 25.0. The summed E-state index contributed by atoms with van der Waals surface area (Å²) in [6.45, 7) is 11.4. The van der Waals surface area contributed by atoms with Crippen LogP contribution in [0.5, 0.6) is 17.4 Å². The molecule has 1 aliphatic heterocycles. The molecular weight excluding hydrogens is 508 g/mol. The van der Waals surface area contributed by atoms with E-state index in [0.29, 0.717) is 53.7 Å². The number of amides is 1. The summed E-state index contributed by atoms with van der Waals surface area (Å²) in [5.41, 5.74) is 5.17. The number of aromatic nitrogens is 1. The predicted molar refractivity (Wildman–Crippen MR) is 139 cm³/mol. The smallest absolute Gasteiger partial charge is 0.258 e. The predicted octanol–water partition coefficient (Wildman–Crippen LogP) is 6.17. The summed E-state index contributed by atoms with van der Waals surface area (Å²) in [7, 11) is 0. The van der Waals surface area contributed by atoms with Crippen molar-refractivity contribution >= 4 is 21.8 Å². The maximum atomic E-state index is 13.8. The summed E-state index contributed by atoms with van der Waals surface area (Å²) in [4.78, 5) is 20.3. The number of nitrogens with zero attached hydrogens (tertiary/aromatic N) is 2. The molecular formula is C28H31BrN2O4. The number of aryl methyl sites for hydroxylation is 2.